The van der Waals surface area contributed by atoms with E-state index in [0.29, 0.717) is 18.6 Å². The average molecular weight is 405 g/mol. The smallest absolute Gasteiger partial charge is 0.282 e. The van der Waals surface area contributed by atoms with Gasteiger partial charge in [-0.1, -0.05) is 12.1 Å². The van der Waals surface area contributed by atoms with Crippen LogP contribution in [0, 0.1) is 20.8 Å². The average Bonchev–Trinajstić information content (AvgIpc) is 2.71. The highest BCUT2D eigenvalue weighted by molar-refractivity contribution is 5.94. The Morgan fingerprint density at radius 2 is 1.80 bits per heavy atom. The SMILES string of the molecule is Cc1cccc(N2CCN(C(=O)c3nc4cc(C)c(C)cc4n(C)c3=O)CC2C)c1. The highest BCUT2D eigenvalue weighted by Crippen LogP contribution is 2.22. The summed E-state index contributed by atoms with van der Waals surface area (Å²) in [7, 11) is 1.70. The molecule has 6 nitrogen and oxygen atoms in total. The normalized spacial score (nSPS) is 16.9. The van der Waals surface area contributed by atoms with Crippen LogP contribution in [0.15, 0.2) is 41.2 Å². The van der Waals surface area contributed by atoms with E-state index >= 15 is 0 Å². The molecule has 2 heterocycles. The predicted molar refractivity (Wildman–Crippen MR) is 120 cm³/mol. The van der Waals surface area contributed by atoms with Gasteiger partial charge in [0.05, 0.1) is 11.0 Å². The molecular formula is C24H28N4O2. The fourth-order valence-corrected chi connectivity index (χ4v) is 4.20. The Hall–Kier alpha value is -3.15. The van der Waals surface area contributed by atoms with Gasteiger partial charge in [0.2, 0.25) is 0 Å². The lowest BCUT2D eigenvalue weighted by molar-refractivity contribution is 0.0718. The second kappa shape index (κ2) is 7.59. The van der Waals surface area contributed by atoms with Crippen LogP contribution in [-0.4, -0.2) is 46.0 Å². The van der Waals surface area contributed by atoms with Crippen LogP contribution in [0.5, 0.6) is 0 Å². The number of benzene rings is 2. The van der Waals surface area contributed by atoms with Crippen molar-refractivity contribution in [3.63, 3.8) is 0 Å². The largest absolute Gasteiger partial charge is 0.365 e. The molecule has 0 radical (unpaired) electrons. The zero-order valence-corrected chi connectivity index (χ0v) is 18.3. The summed E-state index contributed by atoms with van der Waals surface area (Å²) in [6.07, 6.45) is 0. The molecule has 1 atom stereocenters. The number of piperazine rings is 1. The van der Waals surface area contributed by atoms with Gasteiger partial charge in [-0.2, -0.15) is 0 Å². The Kier molecular flexibility index (Phi) is 5.10. The Bertz CT molecular complexity index is 1200. The van der Waals surface area contributed by atoms with Crippen molar-refractivity contribution in [1.29, 1.82) is 0 Å². The van der Waals surface area contributed by atoms with Crippen LogP contribution < -0.4 is 10.5 Å². The molecule has 2 aromatic carbocycles. The highest BCUT2D eigenvalue weighted by atomic mass is 16.2. The number of carbonyl (C=O) groups is 1. The van der Waals surface area contributed by atoms with Gasteiger partial charge in [0.15, 0.2) is 5.69 Å². The van der Waals surface area contributed by atoms with E-state index in [9.17, 15) is 9.59 Å². The van der Waals surface area contributed by atoms with Crippen LogP contribution in [0.3, 0.4) is 0 Å². The fraction of sp³-hybridized carbons (Fsp3) is 0.375. The lowest BCUT2D eigenvalue weighted by Gasteiger charge is -2.41. The molecule has 0 bridgehead atoms. The molecule has 1 saturated heterocycles. The maximum atomic E-state index is 13.2. The molecule has 0 aliphatic carbocycles. The van der Waals surface area contributed by atoms with Crippen molar-refractivity contribution in [2.45, 2.75) is 33.7 Å². The van der Waals surface area contributed by atoms with Gasteiger partial charge in [0.25, 0.3) is 11.5 Å². The minimum absolute atomic E-state index is 0.00413. The van der Waals surface area contributed by atoms with E-state index in [0.717, 1.165) is 23.2 Å². The third-order valence-corrected chi connectivity index (χ3v) is 6.14. The summed E-state index contributed by atoms with van der Waals surface area (Å²) in [6, 6.07) is 12.5. The van der Waals surface area contributed by atoms with E-state index in [1.54, 1.807) is 11.9 Å². The van der Waals surface area contributed by atoms with Gasteiger partial charge >= 0.3 is 0 Å². The van der Waals surface area contributed by atoms with Crippen LogP contribution in [0.4, 0.5) is 5.69 Å². The van der Waals surface area contributed by atoms with E-state index in [1.165, 1.54) is 15.8 Å². The molecule has 0 saturated carbocycles. The van der Waals surface area contributed by atoms with Gasteiger partial charge in [0, 0.05) is 38.4 Å². The van der Waals surface area contributed by atoms with Gasteiger partial charge in [-0.3, -0.25) is 9.59 Å². The molecular weight excluding hydrogens is 376 g/mol. The van der Waals surface area contributed by atoms with E-state index in [4.69, 9.17) is 0 Å². The van der Waals surface area contributed by atoms with Crippen molar-refractivity contribution >= 4 is 22.6 Å². The van der Waals surface area contributed by atoms with E-state index in [2.05, 4.69) is 48.0 Å². The summed E-state index contributed by atoms with van der Waals surface area (Å²) in [4.78, 5) is 34.7. The van der Waals surface area contributed by atoms with Crippen LogP contribution in [0.2, 0.25) is 0 Å². The zero-order valence-electron chi connectivity index (χ0n) is 18.3. The van der Waals surface area contributed by atoms with Crippen molar-refractivity contribution < 1.29 is 4.79 Å². The molecule has 4 rings (SSSR count). The van der Waals surface area contributed by atoms with Gasteiger partial charge in [-0.15, -0.1) is 0 Å². The Morgan fingerprint density at radius 1 is 1.07 bits per heavy atom. The number of aromatic nitrogens is 2. The summed E-state index contributed by atoms with van der Waals surface area (Å²) in [5.41, 5.74) is 5.65. The molecule has 3 aromatic rings. The van der Waals surface area contributed by atoms with Gasteiger partial charge < -0.3 is 14.4 Å². The van der Waals surface area contributed by atoms with Crippen LogP contribution in [-0.2, 0) is 7.05 Å². The molecule has 30 heavy (non-hydrogen) atoms. The minimum atomic E-state index is -0.343. The topological polar surface area (TPSA) is 58.4 Å². The number of fused-ring (bicyclic) bond motifs is 1. The predicted octanol–water partition coefficient (Wildman–Crippen LogP) is 3.21. The van der Waals surface area contributed by atoms with Crippen molar-refractivity contribution in [3.8, 4) is 0 Å². The monoisotopic (exact) mass is 404 g/mol. The van der Waals surface area contributed by atoms with Crippen molar-refractivity contribution in [2.75, 3.05) is 24.5 Å². The lowest BCUT2D eigenvalue weighted by atomic mass is 10.1. The maximum absolute atomic E-state index is 13.2. The van der Waals surface area contributed by atoms with Gasteiger partial charge in [-0.25, -0.2) is 4.98 Å². The summed E-state index contributed by atoms with van der Waals surface area (Å²) < 4.78 is 1.54. The summed E-state index contributed by atoms with van der Waals surface area (Å²) in [6.45, 7) is 10.1. The highest BCUT2D eigenvalue weighted by Gasteiger charge is 2.30. The van der Waals surface area contributed by atoms with E-state index in [-0.39, 0.29) is 23.2 Å². The molecule has 1 fully saturated rings. The molecule has 0 spiro atoms. The third-order valence-electron chi connectivity index (χ3n) is 6.14. The second-order valence-electron chi connectivity index (χ2n) is 8.38. The molecule has 1 aromatic heterocycles. The molecule has 156 valence electrons. The fourth-order valence-electron chi connectivity index (χ4n) is 4.20. The lowest BCUT2D eigenvalue weighted by Crippen LogP contribution is -2.54. The Balaban J connectivity index is 1.63. The number of nitrogens with zero attached hydrogens (tertiary/aromatic N) is 4. The quantitative estimate of drug-likeness (QED) is 0.658. The molecule has 1 aliphatic heterocycles. The molecule has 6 heteroatoms. The Morgan fingerprint density at radius 3 is 2.50 bits per heavy atom. The van der Waals surface area contributed by atoms with E-state index < -0.39 is 0 Å². The number of aryl methyl sites for hydroxylation is 4. The first kappa shape index (κ1) is 20.1. The standard InChI is InChI=1S/C24H28N4O2/c1-15-7-6-8-19(11-15)28-10-9-27(14-18(28)4)24(30)22-23(29)26(5)21-13-17(3)16(2)12-20(21)25-22/h6-8,11-13,18H,9-10,14H2,1-5H3. The van der Waals surface area contributed by atoms with Crippen LogP contribution in [0.1, 0.15) is 34.1 Å². The Labute approximate surface area is 176 Å². The first-order valence-electron chi connectivity index (χ1n) is 10.4. The van der Waals surface area contributed by atoms with Crippen LogP contribution >= 0.6 is 0 Å². The van der Waals surface area contributed by atoms with Crippen molar-refractivity contribution in [1.82, 2.24) is 14.5 Å². The first-order chi connectivity index (χ1) is 14.3. The van der Waals surface area contributed by atoms with Gasteiger partial charge in [-0.05, 0) is 68.7 Å². The molecule has 1 aliphatic rings. The second-order valence-corrected chi connectivity index (χ2v) is 8.38. The van der Waals surface area contributed by atoms with Crippen molar-refractivity contribution in [3.05, 3.63) is 69.1 Å². The zero-order chi connectivity index (χ0) is 21.6. The number of rotatable bonds is 2. The first-order valence-corrected chi connectivity index (χ1v) is 10.4. The summed E-state index contributed by atoms with van der Waals surface area (Å²) >= 11 is 0. The van der Waals surface area contributed by atoms with Crippen molar-refractivity contribution in [2.24, 2.45) is 7.05 Å². The molecule has 1 amide bonds. The van der Waals surface area contributed by atoms with E-state index in [1.807, 2.05) is 26.0 Å². The van der Waals surface area contributed by atoms with Gasteiger partial charge in [0.1, 0.15) is 0 Å². The number of hydrogen-bond acceptors (Lipinski definition) is 4. The summed E-state index contributed by atoms with van der Waals surface area (Å²) in [5.74, 6) is -0.286. The number of anilines is 1. The molecule has 0 N–H and O–H groups in total. The molecule has 1 unspecified atom stereocenters. The summed E-state index contributed by atoms with van der Waals surface area (Å²) in [5, 5.41) is 0. The minimum Gasteiger partial charge on any atom is -0.365 e. The third kappa shape index (κ3) is 3.47. The number of hydrogen-bond donors (Lipinski definition) is 0. The maximum Gasteiger partial charge on any atom is 0.282 e. The van der Waals surface area contributed by atoms with Crippen LogP contribution in [0.25, 0.3) is 11.0 Å². The number of amides is 1. The number of carbonyl (C=O) groups excluding carboxylic acids is 1.